The second-order valence-corrected chi connectivity index (χ2v) is 6.19. The predicted molar refractivity (Wildman–Crippen MR) is 83.4 cm³/mol. The first-order valence-corrected chi connectivity index (χ1v) is 7.62. The van der Waals surface area contributed by atoms with Gasteiger partial charge in [-0.1, -0.05) is 29.8 Å². The van der Waals surface area contributed by atoms with Gasteiger partial charge in [-0.05, 0) is 24.3 Å². The van der Waals surface area contributed by atoms with Crippen LogP contribution >= 0.6 is 22.9 Å². The highest BCUT2D eigenvalue weighted by Gasteiger charge is 2.14. The highest BCUT2D eigenvalue weighted by Crippen LogP contribution is 2.24. The van der Waals surface area contributed by atoms with Crippen molar-refractivity contribution >= 4 is 38.9 Å². The molecule has 0 aliphatic rings. The van der Waals surface area contributed by atoms with Crippen molar-refractivity contribution in [2.75, 3.05) is 0 Å². The Hall–Kier alpha value is -1.78. The summed E-state index contributed by atoms with van der Waals surface area (Å²) in [6.07, 6.45) is 0.186. The van der Waals surface area contributed by atoms with E-state index in [1.807, 2.05) is 24.3 Å². The van der Waals surface area contributed by atoms with Crippen LogP contribution in [0.25, 0.3) is 10.2 Å². The zero-order valence-corrected chi connectivity index (χ0v) is 12.5. The molecule has 1 heterocycles. The van der Waals surface area contributed by atoms with Gasteiger partial charge in [0.05, 0.1) is 16.6 Å². The first kappa shape index (κ1) is 14.2. The third kappa shape index (κ3) is 3.12. The van der Waals surface area contributed by atoms with Crippen molar-refractivity contribution in [2.45, 2.75) is 12.8 Å². The lowest BCUT2D eigenvalue weighted by Crippen LogP contribution is -2.08. The Kier molecular flexibility index (Phi) is 3.99. The fourth-order valence-electron chi connectivity index (χ4n) is 2.13. The average Bonchev–Trinajstić information content (AvgIpc) is 2.85. The zero-order valence-electron chi connectivity index (χ0n) is 11.0. The third-order valence-corrected chi connectivity index (χ3v) is 4.51. The van der Waals surface area contributed by atoms with E-state index in [9.17, 15) is 9.18 Å². The fourth-order valence-corrected chi connectivity index (χ4v) is 3.35. The van der Waals surface area contributed by atoms with E-state index in [2.05, 4.69) is 4.98 Å². The molecule has 0 amide bonds. The van der Waals surface area contributed by atoms with Crippen molar-refractivity contribution in [1.29, 1.82) is 0 Å². The Labute approximate surface area is 130 Å². The van der Waals surface area contributed by atoms with Crippen molar-refractivity contribution < 1.29 is 9.18 Å². The van der Waals surface area contributed by atoms with Crippen molar-refractivity contribution in [1.82, 2.24) is 4.98 Å². The number of thiazole rings is 1. The molecule has 0 radical (unpaired) electrons. The Morgan fingerprint density at radius 2 is 1.95 bits per heavy atom. The maximum atomic E-state index is 13.7. The van der Waals surface area contributed by atoms with Gasteiger partial charge in [0.25, 0.3) is 0 Å². The summed E-state index contributed by atoms with van der Waals surface area (Å²) in [5, 5.41) is 1.03. The summed E-state index contributed by atoms with van der Waals surface area (Å²) in [6.45, 7) is 0. The number of rotatable bonds is 4. The van der Waals surface area contributed by atoms with E-state index >= 15 is 0 Å². The second kappa shape index (κ2) is 5.92. The number of hydrogen-bond acceptors (Lipinski definition) is 3. The van der Waals surface area contributed by atoms with Crippen LogP contribution in [-0.2, 0) is 17.6 Å². The lowest BCUT2D eigenvalue weighted by Gasteiger charge is -2.04. The molecule has 0 fully saturated rings. The highest BCUT2D eigenvalue weighted by molar-refractivity contribution is 7.18. The van der Waals surface area contributed by atoms with Crippen molar-refractivity contribution in [2.24, 2.45) is 0 Å². The lowest BCUT2D eigenvalue weighted by molar-refractivity contribution is -0.117. The molecule has 0 atom stereocenters. The summed E-state index contributed by atoms with van der Waals surface area (Å²) in [6, 6.07) is 12.1. The van der Waals surface area contributed by atoms with E-state index in [0.717, 1.165) is 15.2 Å². The molecule has 0 unspecified atom stereocenters. The maximum absolute atomic E-state index is 13.7. The molecule has 0 spiro atoms. The first-order valence-electron chi connectivity index (χ1n) is 6.42. The molecule has 0 aliphatic carbocycles. The van der Waals surface area contributed by atoms with Gasteiger partial charge in [0.1, 0.15) is 16.6 Å². The standard InChI is InChI=1S/C16H11ClFNOS/c17-12-4-3-5-13(18)11(12)8-10(20)9-16-19-14-6-1-2-7-15(14)21-16/h1-7H,8-9H2. The van der Waals surface area contributed by atoms with Gasteiger partial charge < -0.3 is 0 Å². The molecule has 0 N–H and O–H groups in total. The summed E-state index contributed by atoms with van der Waals surface area (Å²) in [5.41, 5.74) is 1.14. The molecular weight excluding hydrogens is 309 g/mol. The number of halogens is 2. The van der Waals surface area contributed by atoms with Crippen LogP contribution in [0.3, 0.4) is 0 Å². The predicted octanol–water partition coefficient (Wildman–Crippen LogP) is 4.44. The highest BCUT2D eigenvalue weighted by atomic mass is 35.5. The number of ketones is 1. The number of hydrogen-bond donors (Lipinski definition) is 0. The largest absolute Gasteiger partial charge is 0.299 e. The average molecular weight is 320 g/mol. The van der Waals surface area contributed by atoms with E-state index < -0.39 is 5.82 Å². The van der Waals surface area contributed by atoms with Gasteiger partial charge in [-0.2, -0.15) is 0 Å². The number of para-hydroxylation sites is 1. The first-order chi connectivity index (χ1) is 10.1. The van der Waals surface area contributed by atoms with Crippen LogP contribution in [0.15, 0.2) is 42.5 Å². The fraction of sp³-hybridized carbons (Fsp3) is 0.125. The van der Waals surface area contributed by atoms with E-state index in [-0.39, 0.29) is 29.2 Å². The summed E-state index contributed by atoms with van der Waals surface area (Å²) < 4.78 is 14.7. The molecule has 106 valence electrons. The number of nitrogens with zero attached hydrogens (tertiary/aromatic N) is 1. The SMILES string of the molecule is O=C(Cc1nc2ccccc2s1)Cc1c(F)cccc1Cl. The van der Waals surface area contributed by atoms with Crippen molar-refractivity contribution in [3.05, 3.63) is 63.9 Å². The number of fused-ring (bicyclic) bond motifs is 1. The maximum Gasteiger partial charge on any atom is 0.144 e. The Morgan fingerprint density at radius 3 is 2.71 bits per heavy atom. The zero-order chi connectivity index (χ0) is 14.8. The minimum atomic E-state index is -0.444. The lowest BCUT2D eigenvalue weighted by atomic mass is 10.1. The van der Waals surface area contributed by atoms with E-state index in [1.54, 1.807) is 6.07 Å². The summed E-state index contributed by atoms with van der Waals surface area (Å²) in [5.74, 6) is -0.541. The Morgan fingerprint density at radius 1 is 1.14 bits per heavy atom. The van der Waals surface area contributed by atoms with Crippen LogP contribution in [0.4, 0.5) is 4.39 Å². The monoisotopic (exact) mass is 319 g/mol. The van der Waals surface area contributed by atoms with Gasteiger partial charge in [0, 0.05) is 17.0 Å². The number of carbonyl (C=O) groups is 1. The van der Waals surface area contributed by atoms with Crippen LogP contribution in [-0.4, -0.2) is 10.8 Å². The summed E-state index contributed by atoms with van der Waals surface area (Å²) >= 11 is 7.42. The minimum absolute atomic E-state index is 0.0125. The van der Waals surface area contributed by atoms with E-state index in [0.29, 0.717) is 0 Å². The minimum Gasteiger partial charge on any atom is -0.299 e. The number of Topliss-reactive ketones (excluding diaryl/α,β-unsaturated/α-hetero) is 1. The quantitative estimate of drug-likeness (QED) is 0.711. The van der Waals surface area contributed by atoms with Gasteiger partial charge in [-0.15, -0.1) is 11.3 Å². The van der Waals surface area contributed by atoms with E-state index in [1.165, 1.54) is 23.5 Å². The second-order valence-electron chi connectivity index (χ2n) is 4.67. The van der Waals surface area contributed by atoms with Crippen LogP contribution in [0.5, 0.6) is 0 Å². The molecule has 0 bridgehead atoms. The molecule has 3 rings (SSSR count). The normalized spacial score (nSPS) is 11.0. The molecule has 5 heteroatoms. The van der Waals surface area contributed by atoms with Crippen LogP contribution in [0.2, 0.25) is 5.02 Å². The van der Waals surface area contributed by atoms with Crippen molar-refractivity contribution in [3.63, 3.8) is 0 Å². The summed E-state index contributed by atoms with van der Waals surface area (Å²) in [4.78, 5) is 16.5. The van der Waals surface area contributed by atoms with E-state index in [4.69, 9.17) is 11.6 Å². The third-order valence-electron chi connectivity index (χ3n) is 3.12. The molecule has 0 saturated carbocycles. The number of benzene rings is 2. The van der Waals surface area contributed by atoms with Gasteiger partial charge in [0.15, 0.2) is 0 Å². The van der Waals surface area contributed by atoms with Gasteiger partial charge in [-0.25, -0.2) is 9.37 Å². The molecular formula is C16H11ClFNOS. The smallest absolute Gasteiger partial charge is 0.144 e. The van der Waals surface area contributed by atoms with Gasteiger partial charge in [-0.3, -0.25) is 4.79 Å². The van der Waals surface area contributed by atoms with Gasteiger partial charge >= 0.3 is 0 Å². The topological polar surface area (TPSA) is 30.0 Å². The molecule has 2 nitrogen and oxygen atoms in total. The Bertz CT molecular complexity index is 762. The van der Waals surface area contributed by atoms with Crippen LogP contribution < -0.4 is 0 Å². The molecule has 1 aromatic heterocycles. The number of carbonyl (C=O) groups excluding carboxylic acids is 1. The molecule has 0 aliphatic heterocycles. The molecule has 21 heavy (non-hydrogen) atoms. The molecule has 0 saturated heterocycles. The summed E-state index contributed by atoms with van der Waals surface area (Å²) in [7, 11) is 0. The molecule has 3 aromatic rings. The van der Waals surface area contributed by atoms with Crippen LogP contribution in [0.1, 0.15) is 10.6 Å². The Balaban J connectivity index is 1.77. The van der Waals surface area contributed by atoms with Crippen molar-refractivity contribution in [3.8, 4) is 0 Å². The number of aromatic nitrogens is 1. The van der Waals surface area contributed by atoms with Gasteiger partial charge in [0.2, 0.25) is 0 Å². The molecule has 2 aromatic carbocycles. The van der Waals surface area contributed by atoms with Crippen LogP contribution in [0, 0.1) is 5.82 Å².